The fourth-order valence-electron chi connectivity index (χ4n) is 1.62. The van der Waals surface area contributed by atoms with Gasteiger partial charge in [0.2, 0.25) is 0 Å². The Hall–Kier alpha value is -0.960. The number of halogens is 2. The van der Waals surface area contributed by atoms with Gasteiger partial charge in [-0.25, -0.2) is 12.8 Å². The van der Waals surface area contributed by atoms with E-state index in [0.29, 0.717) is 16.7 Å². The van der Waals surface area contributed by atoms with Gasteiger partial charge in [-0.15, -0.1) is 11.3 Å². The number of benzene rings is 1. The summed E-state index contributed by atoms with van der Waals surface area (Å²) in [6, 6.07) is 5.42. The van der Waals surface area contributed by atoms with Crippen LogP contribution in [0.3, 0.4) is 0 Å². The molecule has 0 amide bonds. The van der Waals surface area contributed by atoms with Crippen molar-refractivity contribution < 1.29 is 12.8 Å². The SMILES string of the molecule is CCNCc1cc(S(=O)(=O)Nc2ccc(F)cc2Br)cs1. The van der Waals surface area contributed by atoms with Gasteiger partial charge in [0.05, 0.1) is 10.6 Å². The second-order valence-electron chi connectivity index (χ2n) is 4.26. The largest absolute Gasteiger partial charge is 0.312 e. The molecule has 1 aromatic carbocycles. The van der Waals surface area contributed by atoms with Crippen molar-refractivity contribution in [2.45, 2.75) is 18.4 Å². The average molecular weight is 393 g/mol. The Labute approximate surface area is 135 Å². The normalized spacial score (nSPS) is 11.6. The van der Waals surface area contributed by atoms with E-state index in [4.69, 9.17) is 0 Å². The van der Waals surface area contributed by atoms with Crippen LogP contribution in [0.2, 0.25) is 0 Å². The van der Waals surface area contributed by atoms with Crippen LogP contribution in [0.5, 0.6) is 0 Å². The van der Waals surface area contributed by atoms with Crippen LogP contribution >= 0.6 is 27.3 Å². The van der Waals surface area contributed by atoms with Gasteiger partial charge in [0, 0.05) is 21.3 Å². The summed E-state index contributed by atoms with van der Waals surface area (Å²) >= 11 is 4.52. The summed E-state index contributed by atoms with van der Waals surface area (Å²) in [6.45, 7) is 3.44. The van der Waals surface area contributed by atoms with Gasteiger partial charge >= 0.3 is 0 Å². The Morgan fingerprint density at radius 3 is 2.76 bits per heavy atom. The third kappa shape index (κ3) is 4.26. The van der Waals surface area contributed by atoms with Crippen molar-refractivity contribution >= 4 is 43.0 Å². The molecule has 0 aliphatic heterocycles. The number of rotatable bonds is 6. The predicted molar refractivity (Wildman–Crippen MR) is 86.6 cm³/mol. The third-order valence-electron chi connectivity index (χ3n) is 2.66. The van der Waals surface area contributed by atoms with Crippen molar-refractivity contribution in [3.05, 3.63) is 44.8 Å². The van der Waals surface area contributed by atoms with Crippen molar-refractivity contribution in [2.24, 2.45) is 0 Å². The lowest BCUT2D eigenvalue weighted by atomic mass is 10.3. The number of anilines is 1. The lowest BCUT2D eigenvalue weighted by molar-refractivity contribution is 0.601. The van der Waals surface area contributed by atoms with E-state index in [-0.39, 0.29) is 4.90 Å². The lowest BCUT2D eigenvalue weighted by Gasteiger charge is -2.08. The fraction of sp³-hybridized carbons (Fsp3) is 0.231. The second kappa shape index (κ2) is 6.87. The van der Waals surface area contributed by atoms with E-state index < -0.39 is 15.8 Å². The molecule has 0 bridgehead atoms. The average Bonchev–Trinajstić information content (AvgIpc) is 2.89. The van der Waals surface area contributed by atoms with E-state index in [2.05, 4.69) is 26.0 Å². The molecule has 0 radical (unpaired) electrons. The minimum atomic E-state index is -3.67. The van der Waals surface area contributed by atoms with Gasteiger partial charge in [-0.1, -0.05) is 6.92 Å². The quantitative estimate of drug-likeness (QED) is 0.789. The smallest absolute Gasteiger partial charge is 0.262 e. The summed E-state index contributed by atoms with van der Waals surface area (Å²) in [5.41, 5.74) is 0.302. The zero-order valence-corrected chi connectivity index (χ0v) is 14.4. The van der Waals surface area contributed by atoms with E-state index in [9.17, 15) is 12.8 Å². The number of sulfonamides is 1. The summed E-state index contributed by atoms with van der Waals surface area (Å²) in [7, 11) is -3.67. The first-order valence-corrected chi connectivity index (χ1v) is 9.34. The molecule has 0 saturated heterocycles. The molecule has 0 fully saturated rings. The monoisotopic (exact) mass is 392 g/mol. The Bertz CT molecular complexity index is 732. The molecule has 0 unspecified atom stereocenters. The Balaban J connectivity index is 2.19. The molecule has 21 heavy (non-hydrogen) atoms. The molecule has 0 spiro atoms. The molecule has 114 valence electrons. The van der Waals surface area contributed by atoms with Crippen LogP contribution in [0.15, 0.2) is 39.0 Å². The molecule has 1 heterocycles. The molecule has 0 atom stereocenters. The minimum Gasteiger partial charge on any atom is -0.312 e. The van der Waals surface area contributed by atoms with E-state index in [0.717, 1.165) is 11.4 Å². The topological polar surface area (TPSA) is 58.2 Å². The highest BCUT2D eigenvalue weighted by molar-refractivity contribution is 9.10. The minimum absolute atomic E-state index is 0.205. The number of nitrogens with one attached hydrogen (secondary N) is 2. The second-order valence-corrected chi connectivity index (χ2v) is 7.79. The van der Waals surface area contributed by atoms with Crippen LogP contribution in [0.4, 0.5) is 10.1 Å². The number of hydrogen-bond donors (Lipinski definition) is 2. The van der Waals surface area contributed by atoms with Crippen molar-refractivity contribution in [1.82, 2.24) is 5.32 Å². The predicted octanol–water partition coefficient (Wildman–Crippen LogP) is 3.56. The van der Waals surface area contributed by atoms with Crippen LogP contribution < -0.4 is 10.0 Å². The van der Waals surface area contributed by atoms with Crippen LogP contribution in [-0.4, -0.2) is 15.0 Å². The van der Waals surface area contributed by atoms with Crippen molar-refractivity contribution in [3.8, 4) is 0 Å². The summed E-state index contributed by atoms with van der Waals surface area (Å²) in [5, 5.41) is 4.73. The summed E-state index contributed by atoms with van der Waals surface area (Å²) in [6.07, 6.45) is 0. The van der Waals surface area contributed by atoms with Gasteiger partial charge in [-0.3, -0.25) is 4.72 Å². The fourth-order valence-corrected chi connectivity index (χ4v) is 4.52. The Kier molecular flexibility index (Phi) is 5.37. The highest BCUT2D eigenvalue weighted by Gasteiger charge is 2.17. The highest BCUT2D eigenvalue weighted by Crippen LogP contribution is 2.27. The summed E-state index contributed by atoms with van der Waals surface area (Å²) < 4.78 is 40.4. The first-order valence-electron chi connectivity index (χ1n) is 6.18. The first kappa shape index (κ1) is 16.4. The molecule has 8 heteroatoms. The van der Waals surface area contributed by atoms with E-state index in [1.165, 1.54) is 29.5 Å². The van der Waals surface area contributed by atoms with Crippen molar-refractivity contribution in [1.29, 1.82) is 0 Å². The maximum absolute atomic E-state index is 13.0. The van der Waals surface area contributed by atoms with Gasteiger partial charge in [-0.2, -0.15) is 0 Å². The van der Waals surface area contributed by atoms with Crippen LogP contribution in [0.1, 0.15) is 11.8 Å². The van der Waals surface area contributed by atoms with Gasteiger partial charge in [-0.05, 0) is 46.7 Å². The Morgan fingerprint density at radius 2 is 2.10 bits per heavy atom. The maximum atomic E-state index is 13.0. The number of thiophene rings is 1. The zero-order valence-electron chi connectivity index (χ0n) is 11.2. The lowest BCUT2D eigenvalue weighted by Crippen LogP contribution is -2.13. The van der Waals surface area contributed by atoms with E-state index in [1.54, 1.807) is 11.4 Å². The van der Waals surface area contributed by atoms with Gasteiger partial charge < -0.3 is 5.32 Å². The van der Waals surface area contributed by atoms with Crippen molar-refractivity contribution in [2.75, 3.05) is 11.3 Å². The molecule has 2 N–H and O–H groups in total. The molecular weight excluding hydrogens is 379 g/mol. The molecule has 4 nitrogen and oxygen atoms in total. The standard InChI is InChI=1S/C13H14BrFN2O2S2/c1-2-16-7-10-6-11(8-20-10)21(18,19)17-13-4-3-9(15)5-12(13)14/h3-6,8,16-17H,2,7H2,1H3. The van der Waals surface area contributed by atoms with E-state index >= 15 is 0 Å². The molecular formula is C13H14BrFN2O2S2. The van der Waals surface area contributed by atoms with Crippen LogP contribution in [0, 0.1) is 5.82 Å². The highest BCUT2D eigenvalue weighted by atomic mass is 79.9. The first-order chi connectivity index (χ1) is 9.92. The van der Waals surface area contributed by atoms with Gasteiger partial charge in [0.25, 0.3) is 10.0 Å². The van der Waals surface area contributed by atoms with Crippen molar-refractivity contribution in [3.63, 3.8) is 0 Å². The zero-order chi connectivity index (χ0) is 15.5. The molecule has 0 aliphatic rings. The number of hydrogen-bond acceptors (Lipinski definition) is 4. The molecule has 1 aromatic heterocycles. The molecule has 0 aliphatic carbocycles. The molecule has 0 saturated carbocycles. The van der Waals surface area contributed by atoms with Crippen LogP contribution in [-0.2, 0) is 16.6 Å². The molecule has 2 aromatic rings. The van der Waals surface area contributed by atoms with Gasteiger partial charge in [0.1, 0.15) is 5.82 Å². The summed E-state index contributed by atoms with van der Waals surface area (Å²) in [5.74, 6) is -0.437. The van der Waals surface area contributed by atoms with Crippen LogP contribution in [0.25, 0.3) is 0 Å². The Morgan fingerprint density at radius 1 is 1.33 bits per heavy atom. The van der Waals surface area contributed by atoms with E-state index in [1.807, 2.05) is 6.92 Å². The molecule has 2 rings (SSSR count). The maximum Gasteiger partial charge on any atom is 0.262 e. The third-order valence-corrected chi connectivity index (χ3v) is 5.75. The summed E-state index contributed by atoms with van der Waals surface area (Å²) in [4.78, 5) is 1.15. The van der Waals surface area contributed by atoms with Gasteiger partial charge in [0.15, 0.2) is 0 Å².